The lowest BCUT2D eigenvalue weighted by Gasteiger charge is -2.32. The topological polar surface area (TPSA) is 49.8 Å². The number of carboxylic acids is 1. The average molecular weight is 288 g/mol. The van der Waals surface area contributed by atoms with Crippen molar-refractivity contribution in [2.45, 2.75) is 19.1 Å². The molecule has 0 saturated carbocycles. The number of carboxylic acid groups (broad SMARTS) is 1. The predicted molar refractivity (Wildman–Crippen MR) is 68.7 cm³/mol. The molecule has 1 unspecified atom stereocenters. The lowest BCUT2D eigenvalue weighted by Crippen LogP contribution is -2.42. The monoisotopic (exact) mass is 287 g/mol. The molecule has 0 aliphatic carbocycles. The van der Waals surface area contributed by atoms with Crippen LogP contribution in [0.2, 0.25) is 5.02 Å². The second-order valence-electron chi connectivity index (χ2n) is 4.54. The zero-order chi connectivity index (χ0) is 13.8. The Morgan fingerprint density at radius 3 is 3.11 bits per heavy atom. The van der Waals surface area contributed by atoms with E-state index in [4.69, 9.17) is 21.4 Å². The van der Waals surface area contributed by atoms with Crippen molar-refractivity contribution in [3.05, 3.63) is 34.6 Å². The quantitative estimate of drug-likeness (QED) is 0.922. The minimum absolute atomic E-state index is 0.0205. The Balaban J connectivity index is 1.98. The van der Waals surface area contributed by atoms with Crippen LogP contribution in [0.25, 0.3) is 0 Å². The summed E-state index contributed by atoms with van der Waals surface area (Å²) in [6.45, 7) is 2.17. The van der Waals surface area contributed by atoms with Crippen LogP contribution in [0.3, 0.4) is 0 Å². The van der Waals surface area contributed by atoms with E-state index in [0.29, 0.717) is 31.8 Å². The van der Waals surface area contributed by atoms with Gasteiger partial charge in [0.15, 0.2) is 0 Å². The van der Waals surface area contributed by atoms with E-state index < -0.39 is 11.8 Å². The molecule has 2 rings (SSSR count). The maximum absolute atomic E-state index is 13.3. The molecule has 0 radical (unpaired) electrons. The van der Waals surface area contributed by atoms with Gasteiger partial charge in [-0.25, -0.2) is 4.39 Å². The third-order valence-electron chi connectivity index (χ3n) is 3.05. The van der Waals surface area contributed by atoms with E-state index in [1.807, 2.05) is 4.90 Å². The maximum atomic E-state index is 13.3. The lowest BCUT2D eigenvalue weighted by atomic mass is 10.1. The van der Waals surface area contributed by atoms with Crippen LogP contribution >= 0.6 is 11.6 Å². The van der Waals surface area contributed by atoms with Crippen LogP contribution in [0.4, 0.5) is 4.39 Å². The number of morpholine rings is 1. The van der Waals surface area contributed by atoms with Gasteiger partial charge in [-0.2, -0.15) is 0 Å². The molecule has 4 nitrogen and oxygen atoms in total. The molecule has 0 aromatic heterocycles. The van der Waals surface area contributed by atoms with Gasteiger partial charge in [-0.05, 0) is 11.6 Å². The predicted octanol–water partition coefficient (Wildman–Crippen LogP) is 2.15. The first kappa shape index (κ1) is 14.2. The van der Waals surface area contributed by atoms with Crippen LogP contribution in [-0.2, 0) is 16.1 Å². The zero-order valence-electron chi connectivity index (χ0n) is 10.3. The molecular weight excluding hydrogens is 273 g/mol. The summed E-state index contributed by atoms with van der Waals surface area (Å²) in [7, 11) is 0. The zero-order valence-corrected chi connectivity index (χ0v) is 11.1. The van der Waals surface area contributed by atoms with Gasteiger partial charge in [0.05, 0.1) is 24.2 Å². The molecule has 1 heterocycles. The fraction of sp³-hybridized carbons (Fsp3) is 0.462. The number of rotatable bonds is 4. The second-order valence-corrected chi connectivity index (χ2v) is 4.92. The highest BCUT2D eigenvalue weighted by molar-refractivity contribution is 6.31. The smallest absolute Gasteiger partial charge is 0.306 e. The minimum atomic E-state index is -0.879. The van der Waals surface area contributed by atoms with Gasteiger partial charge in [-0.15, -0.1) is 0 Å². The minimum Gasteiger partial charge on any atom is -0.481 e. The highest BCUT2D eigenvalue weighted by Crippen LogP contribution is 2.22. The van der Waals surface area contributed by atoms with Crippen molar-refractivity contribution < 1.29 is 19.0 Å². The van der Waals surface area contributed by atoms with Gasteiger partial charge in [0, 0.05) is 19.6 Å². The molecule has 6 heteroatoms. The first-order valence-electron chi connectivity index (χ1n) is 6.05. The molecule has 19 heavy (non-hydrogen) atoms. The third-order valence-corrected chi connectivity index (χ3v) is 3.47. The number of nitrogens with zero attached hydrogens (tertiary/aromatic N) is 1. The number of halogens is 2. The third kappa shape index (κ3) is 3.89. The molecular formula is C13H15ClFNO3. The Bertz CT molecular complexity index is 469. The van der Waals surface area contributed by atoms with Gasteiger partial charge >= 0.3 is 5.97 Å². The molecule has 1 aromatic carbocycles. The van der Waals surface area contributed by atoms with Crippen LogP contribution in [0, 0.1) is 5.82 Å². The molecule has 1 aliphatic heterocycles. The highest BCUT2D eigenvalue weighted by atomic mass is 35.5. The van der Waals surface area contributed by atoms with Crippen LogP contribution < -0.4 is 0 Å². The molecule has 104 valence electrons. The molecule has 1 N–H and O–H groups in total. The molecule has 1 aromatic rings. The molecule has 0 bridgehead atoms. The first-order chi connectivity index (χ1) is 9.06. The molecule has 1 fully saturated rings. The standard InChI is InChI=1S/C13H15ClFNO3/c14-13-9(2-1-3-11(13)15)7-16-4-5-19-10(8-16)6-12(17)18/h1-3,10H,4-8H2,(H,17,18). The molecule has 1 saturated heterocycles. The summed E-state index contributed by atoms with van der Waals surface area (Å²) >= 11 is 5.91. The van der Waals surface area contributed by atoms with Gasteiger partial charge in [0.25, 0.3) is 0 Å². The Labute approximate surface area is 115 Å². The Kier molecular flexibility index (Phi) is 4.74. The van der Waals surface area contributed by atoms with Gasteiger partial charge in [0.1, 0.15) is 5.82 Å². The fourth-order valence-electron chi connectivity index (χ4n) is 2.15. The summed E-state index contributed by atoms with van der Waals surface area (Å²) in [4.78, 5) is 12.7. The van der Waals surface area contributed by atoms with E-state index in [-0.39, 0.29) is 17.5 Å². The van der Waals surface area contributed by atoms with Crippen LogP contribution in [0.5, 0.6) is 0 Å². The number of hydrogen-bond acceptors (Lipinski definition) is 3. The Morgan fingerprint density at radius 2 is 2.37 bits per heavy atom. The second kappa shape index (κ2) is 6.32. The Hall–Kier alpha value is -1.17. The lowest BCUT2D eigenvalue weighted by molar-refractivity contribution is -0.142. The van der Waals surface area contributed by atoms with Gasteiger partial charge < -0.3 is 9.84 Å². The van der Waals surface area contributed by atoms with Crippen LogP contribution in [0.1, 0.15) is 12.0 Å². The number of carbonyl (C=O) groups is 1. The summed E-state index contributed by atoms with van der Waals surface area (Å²) in [5.74, 6) is -1.31. The Morgan fingerprint density at radius 1 is 1.58 bits per heavy atom. The first-order valence-corrected chi connectivity index (χ1v) is 6.42. The summed E-state index contributed by atoms with van der Waals surface area (Å²) in [6.07, 6.45) is -0.341. The molecule has 0 spiro atoms. The van der Waals surface area contributed by atoms with Crippen molar-refractivity contribution in [1.82, 2.24) is 4.90 Å². The van der Waals surface area contributed by atoms with Crippen molar-refractivity contribution in [3.63, 3.8) is 0 Å². The highest BCUT2D eigenvalue weighted by Gasteiger charge is 2.23. The van der Waals surface area contributed by atoms with Crippen molar-refractivity contribution in [2.75, 3.05) is 19.7 Å². The van der Waals surface area contributed by atoms with E-state index in [1.165, 1.54) is 6.07 Å². The number of ether oxygens (including phenoxy) is 1. The van der Waals surface area contributed by atoms with Gasteiger partial charge in [0.2, 0.25) is 0 Å². The molecule has 0 amide bonds. The summed E-state index contributed by atoms with van der Waals surface area (Å²) in [5.41, 5.74) is 0.706. The van der Waals surface area contributed by atoms with Crippen molar-refractivity contribution >= 4 is 17.6 Å². The van der Waals surface area contributed by atoms with Crippen molar-refractivity contribution in [2.24, 2.45) is 0 Å². The van der Waals surface area contributed by atoms with Crippen molar-refractivity contribution in [3.8, 4) is 0 Å². The maximum Gasteiger partial charge on any atom is 0.306 e. The van der Waals surface area contributed by atoms with E-state index in [1.54, 1.807) is 12.1 Å². The normalized spacial score (nSPS) is 20.4. The van der Waals surface area contributed by atoms with Gasteiger partial charge in [-0.3, -0.25) is 9.69 Å². The fourth-order valence-corrected chi connectivity index (χ4v) is 2.34. The van der Waals surface area contributed by atoms with Crippen LogP contribution in [0.15, 0.2) is 18.2 Å². The summed E-state index contributed by atoms with van der Waals surface area (Å²) < 4.78 is 18.7. The summed E-state index contributed by atoms with van der Waals surface area (Å²) in [5, 5.41) is 8.88. The van der Waals surface area contributed by atoms with Gasteiger partial charge in [-0.1, -0.05) is 23.7 Å². The van der Waals surface area contributed by atoms with Crippen LogP contribution in [-0.4, -0.2) is 41.8 Å². The van der Waals surface area contributed by atoms with E-state index >= 15 is 0 Å². The number of benzene rings is 1. The van der Waals surface area contributed by atoms with E-state index in [2.05, 4.69) is 0 Å². The average Bonchev–Trinajstić information content (AvgIpc) is 2.35. The number of hydrogen-bond donors (Lipinski definition) is 1. The van der Waals surface area contributed by atoms with Crippen molar-refractivity contribution in [1.29, 1.82) is 0 Å². The van der Waals surface area contributed by atoms with E-state index in [9.17, 15) is 9.18 Å². The SMILES string of the molecule is O=C(O)CC1CN(Cc2cccc(F)c2Cl)CCO1. The van der Waals surface area contributed by atoms with E-state index in [0.717, 1.165) is 0 Å². The number of aliphatic carboxylic acids is 1. The molecule has 1 atom stereocenters. The molecule has 1 aliphatic rings. The summed E-state index contributed by atoms with van der Waals surface area (Å²) in [6, 6.07) is 4.71. The largest absolute Gasteiger partial charge is 0.481 e.